The summed E-state index contributed by atoms with van der Waals surface area (Å²) in [6, 6.07) is 8.41. The van der Waals surface area contributed by atoms with E-state index in [-0.39, 0.29) is 11.8 Å². The van der Waals surface area contributed by atoms with E-state index in [0.29, 0.717) is 19.2 Å². The zero-order chi connectivity index (χ0) is 17.6. The van der Waals surface area contributed by atoms with Crippen LogP contribution in [0.25, 0.3) is 0 Å². The third-order valence-electron chi connectivity index (χ3n) is 5.49. The second-order valence-electron chi connectivity index (χ2n) is 7.29. The Balaban J connectivity index is 1.54. The van der Waals surface area contributed by atoms with Crippen LogP contribution < -0.4 is 4.74 Å². The van der Waals surface area contributed by atoms with Gasteiger partial charge in [0.1, 0.15) is 12.4 Å². The van der Waals surface area contributed by atoms with Gasteiger partial charge in [0.2, 0.25) is 5.91 Å². The lowest BCUT2D eigenvalue weighted by molar-refractivity contribution is -0.138. The van der Waals surface area contributed by atoms with Gasteiger partial charge in [-0.1, -0.05) is 18.2 Å². The molecule has 1 aliphatic carbocycles. The molecule has 0 bridgehead atoms. The van der Waals surface area contributed by atoms with Crippen molar-refractivity contribution in [3.05, 3.63) is 46.8 Å². The summed E-state index contributed by atoms with van der Waals surface area (Å²) in [5, 5.41) is 4.50. The third kappa shape index (κ3) is 3.03. The molecule has 4 rings (SSSR count). The van der Waals surface area contributed by atoms with Crippen molar-refractivity contribution >= 4 is 5.91 Å². The molecule has 0 N–H and O–H groups in total. The highest BCUT2D eigenvalue weighted by Crippen LogP contribution is 2.33. The van der Waals surface area contributed by atoms with Gasteiger partial charge in [-0.15, -0.1) is 0 Å². The summed E-state index contributed by atoms with van der Waals surface area (Å²) in [4.78, 5) is 15.3. The molecule has 0 spiro atoms. The van der Waals surface area contributed by atoms with Crippen LogP contribution in [-0.2, 0) is 24.8 Å². The van der Waals surface area contributed by atoms with Gasteiger partial charge < -0.3 is 9.64 Å². The Kier molecular flexibility index (Phi) is 4.02. The lowest BCUT2D eigenvalue weighted by Gasteiger charge is -2.30. The standard InChI is InChI=1S/C20H25N3O2/c1-13-18(14(2)22(3)21-13)11-23(17-8-9-17)20(24)16-10-15-6-4-5-7-19(15)25-12-16/h4-7,16-17H,8-12H2,1-3H3/t16-/m0/s1. The molecule has 5 nitrogen and oxygen atoms in total. The first kappa shape index (κ1) is 16.2. The van der Waals surface area contributed by atoms with Crippen LogP contribution in [0.2, 0.25) is 0 Å². The van der Waals surface area contributed by atoms with E-state index in [9.17, 15) is 4.79 Å². The van der Waals surface area contributed by atoms with Gasteiger partial charge in [0, 0.05) is 30.9 Å². The predicted molar refractivity (Wildman–Crippen MR) is 95.4 cm³/mol. The maximum Gasteiger partial charge on any atom is 0.230 e. The van der Waals surface area contributed by atoms with Gasteiger partial charge in [-0.3, -0.25) is 9.48 Å². The molecule has 0 unspecified atom stereocenters. The van der Waals surface area contributed by atoms with E-state index in [2.05, 4.69) is 23.0 Å². The zero-order valence-corrected chi connectivity index (χ0v) is 15.2. The Morgan fingerprint density at radius 2 is 2.08 bits per heavy atom. The van der Waals surface area contributed by atoms with Crippen LogP contribution in [0.4, 0.5) is 0 Å². The lowest BCUT2D eigenvalue weighted by Crippen LogP contribution is -2.41. The quantitative estimate of drug-likeness (QED) is 0.860. The molecule has 0 radical (unpaired) electrons. The van der Waals surface area contributed by atoms with Crippen molar-refractivity contribution in [3.63, 3.8) is 0 Å². The zero-order valence-electron chi connectivity index (χ0n) is 15.2. The average molecular weight is 339 g/mol. The minimum absolute atomic E-state index is 0.0900. The fourth-order valence-electron chi connectivity index (χ4n) is 3.71. The monoisotopic (exact) mass is 339 g/mol. The SMILES string of the molecule is Cc1nn(C)c(C)c1CN(C(=O)[C@@H]1COc2ccccc2C1)C1CC1. The van der Waals surface area contributed by atoms with Gasteiger partial charge in [0.15, 0.2) is 0 Å². The summed E-state index contributed by atoms with van der Waals surface area (Å²) < 4.78 is 7.75. The van der Waals surface area contributed by atoms with Crippen LogP contribution in [0.15, 0.2) is 24.3 Å². The maximum atomic E-state index is 13.2. The van der Waals surface area contributed by atoms with E-state index in [0.717, 1.165) is 42.0 Å². The van der Waals surface area contributed by atoms with Gasteiger partial charge in [-0.25, -0.2) is 0 Å². The molecule has 25 heavy (non-hydrogen) atoms. The number of hydrogen-bond donors (Lipinski definition) is 0. The Morgan fingerprint density at radius 3 is 2.76 bits per heavy atom. The van der Waals surface area contributed by atoms with Crippen molar-refractivity contribution in [2.24, 2.45) is 13.0 Å². The molecule has 1 aromatic heterocycles. The molecule has 0 saturated heterocycles. The minimum Gasteiger partial charge on any atom is -0.492 e. The van der Waals surface area contributed by atoms with Gasteiger partial charge in [-0.2, -0.15) is 5.10 Å². The number of benzene rings is 1. The normalized spacial score (nSPS) is 19.2. The van der Waals surface area contributed by atoms with Gasteiger partial charge in [-0.05, 0) is 44.7 Å². The number of nitrogens with zero attached hydrogens (tertiary/aromatic N) is 3. The molecular formula is C20H25N3O2. The van der Waals surface area contributed by atoms with Crippen molar-refractivity contribution < 1.29 is 9.53 Å². The van der Waals surface area contributed by atoms with Gasteiger partial charge in [0.05, 0.1) is 11.6 Å². The highest BCUT2D eigenvalue weighted by molar-refractivity contribution is 5.80. The Morgan fingerprint density at radius 1 is 1.32 bits per heavy atom. The number of para-hydroxylation sites is 1. The molecule has 1 saturated carbocycles. The molecular weight excluding hydrogens is 314 g/mol. The van der Waals surface area contributed by atoms with E-state index < -0.39 is 0 Å². The highest BCUT2D eigenvalue weighted by atomic mass is 16.5. The van der Waals surface area contributed by atoms with Crippen molar-refractivity contribution in [2.45, 2.75) is 45.7 Å². The summed E-state index contributed by atoms with van der Waals surface area (Å²) in [7, 11) is 1.96. The number of ether oxygens (including phenoxy) is 1. The number of hydrogen-bond acceptors (Lipinski definition) is 3. The maximum absolute atomic E-state index is 13.2. The number of carbonyl (C=O) groups excluding carboxylic acids is 1. The van der Waals surface area contributed by atoms with E-state index in [1.165, 1.54) is 5.56 Å². The van der Waals surface area contributed by atoms with E-state index >= 15 is 0 Å². The Hall–Kier alpha value is -2.30. The molecule has 1 aromatic carbocycles. The number of aryl methyl sites for hydroxylation is 2. The first-order valence-electron chi connectivity index (χ1n) is 9.05. The van der Waals surface area contributed by atoms with Crippen molar-refractivity contribution in [3.8, 4) is 5.75 Å². The molecule has 5 heteroatoms. The minimum atomic E-state index is -0.0900. The number of rotatable bonds is 4. The number of amides is 1. The Labute approximate surface area is 148 Å². The molecule has 2 aliphatic rings. The summed E-state index contributed by atoms with van der Waals surface area (Å²) >= 11 is 0. The first-order chi connectivity index (χ1) is 12.0. The lowest BCUT2D eigenvalue weighted by atomic mass is 9.95. The number of carbonyl (C=O) groups is 1. The molecule has 2 heterocycles. The van der Waals surface area contributed by atoms with Gasteiger partial charge >= 0.3 is 0 Å². The topological polar surface area (TPSA) is 47.4 Å². The van der Waals surface area contributed by atoms with Crippen molar-refractivity contribution in [2.75, 3.05) is 6.61 Å². The Bertz CT molecular complexity index is 807. The fraction of sp³-hybridized carbons (Fsp3) is 0.500. The van der Waals surface area contributed by atoms with Crippen LogP contribution in [0.5, 0.6) is 5.75 Å². The van der Waals surface area contributed by atoms with E-state index in [4.69, 9.17) is 4.74 Å². The van der Waals surface area contributed by atoms with Gasteiger partial charge in [0.25, 0.3) is 0 Å². The summed E-state index contributed by atoms with van der Waals surface area (Å²) in [5.74, 6) is 1.05. The van der Waals surface area contributed by atoms with Crippen LogP contribution in [0.3, 0.4) is 0 Å². The third-order valence-corrected chi connectivity index (χ3v) is 5.49. The van der Waals surface area contributed by atoms with Crippen molar-refractivity contribution in [1.29, 1.82) is 0 Å². The van der Waals surface area contributed by atoms with Crippen LogP contribution in [-0.4, -0.2) is 33.2 Å². The fourth-order valence-corrected chi connectivity index (χ4v) is 3.71. The second-order valence-corrected chi connectivity index (χ2v) is 7.29. The molecule has 1 aliphatic heterocycles. The van der Waals surface area contributed by atoms with Crippen LogP contribution >= 0.6 is 0 Å². The molecule has 1 atom stereocenters. The van der Waals surface area contributed by atoms with E-state index in [1.807, 2.05) is 36.9 Å². The van der Waals surface area contributed by atoms with Crippen LogP contribution in [0.1, 0.15) is 35.4 Å². The summed E-state index contributed by atoms with van der Waals surface area (Å²) in [6.45, 7) is 5.24. The number of fused-ring (bicyclic) bond motifs is 1. The molecule has 2 aromatic rings. The highest BCUT2D eigenvalue weighted by Gasteiger charge is 2.38. The first-order valence-corrected chi connectivity index (χ1v) is 9.05. The smallest absolute Gasteiger partial charge is 0.230 e. The summed E-state index contributed by atoms with van der Waals surface area (Å²) in [5.41, 5.74) is 4.47. The summed E-state index contributed by atoms with van der Waals surface area (Å²) in [6.07, 6.45) is 2.98. The van der Waals surface area contributed by atoms with Crippen molar-refractivity contribution in [1.82, 2.24) is 14.7 Å². The predicted octanol–water partition coefficient (Wildman–Crippen LogP) is 2.78. The largest absolute Gasteiger partial charge is 0.492 e. The second kappa shape index (κ2) is 6.21. The number of aromatic nitrogens is 2. The van der Waals surface area contributed by atoms with E-state index in [1.54, 1.807) is 0 Å². The molecule has 1 fully saturated rings. The van der Waals surface area contributed by atoms with Crippen LogP contribution in [0, 0.1) is 19.8 Å². The molecule has 132 valence electrons. The average Bonchev–Trinajstić information content (AvgIpc) is 3.42. The molecule has 1 amide bonds.